The molecular formula is C15H16N2O5. The van der Waals surface area contributed by atoms with Gasteiger partial charge in [-0.1, -0.05) is 6.07 Å². The molecule has 22 heavy (non-hydrogen) atoms. The first-order valence-corrected chi connectivity index (χ1v) is 6.94. The maximum Gasteiger partial charge on any atom is 0.253 e. The molecule has 1 aliphatic heterocycles. The molecule has 2 aromatic carbocycles. The fourth-order valence-corrected chi connectivity index (χ4v) is 2.22. The number of aliphatic hydroxyl groups excluding tert-OH is 1. The summed E-state index contributed by atoms with van der Waals surface area (Å²) >= 11 is 0. The molecule has 0 aliphatic carbocycles. The molecule has 2 aromatic rings. The van der Waals surface area contributed by atoms with E-state index in [1.807, 2.05) is 12.1 Å². The summed E-state index contributed by atoms with van der Waals surface area (Å²) in [5.74, 6) is 1.36. The van der Waals surface area contributed by atoms with Crippen LogP contribution in [0.25, 0.3) is 0 Å². The van der Waals surface area contributed by atoms with Crippen LogP contribution in [0.4, 0.5) is 11.4 Å². The van der Waals surface area contributed by atoms with E-state index in [0.29, 0.717) is 18.0 Å². The van der Waals surface area contributed by atoms with E-state index in [1.165, 1.54) is 0 Å². The fraction of sp³-hybridized carbons (Fsp3) is 0.333. The summed E-state index contributed by atoms with van der Waals surface area (Å²) < 4.78 is 10.5. The van der Waals surface area contributed by atoms with E-state index in [-0.39, 0.29) is 24.7 Å². The molecule has 0 aromatic heterocycles. The molecule has 0 radical (unpaired) electrons. The molecular weight excluding hydrogens is 288 g/mol. The van der Waals surface area contributed by atoms with E-state index in [0.717, 1.165) is 5.56 Å². The van der Waals surface area contributed by atoms with Crippen LogP contribution in [0.5, 0.6) is 11.5 Å². The van der Waals surface area contributed by atoms with Crippen molar-refractivity contribution in [3.63, 3.8) is 0 Å². The first-order chi connectivity index (χ1) is 10.6. The van der Waals surface area contributed by atoms with E-state index < -0.39 is 17.0 Å². The van der Waals surface area contributed by atoms with Gasteiger partial charge in [-0.15, -0.1) is 0 Å². The van der Waals surface area contributed by atoms with E-state index in [4.69, 9.17) is 9.47 Å². The van der Waals surface area contributed by atoms with Crippen molar-refractivity contribution >= 4 is 11.4 Å². The highest BCUT2D eigenvalue weighted by atomic mass is 16.7. The van der Waals surface area contributed by atoms with E-state index >= 15 is 0 Å². The second kappa shape index (κ2) is 5.69. The predicted octanol–water partition coefficient (Wildman–Crippen LogP) is 0.416. The number of hydrogen-bond acceptors (Lipinski definition) is 7. The lowest BCUT2D eigenvalue weighted by Crippen LogP contribution is -2.38. The minimum Gasteiger partial charge on any atom is -0.454 e. The van der Waals surface area contributed by atoms with Crippen molar-refractivity contribution in [3.05, 3.63) is 44.2 Å². The molecule has 0 amide bonds. The van der Waals surface area contributed by atoms with Gasteiger partial charge < -0.3 is 25.2 Å². The summed E-state index contributed by atoms with van der Waals surface area (Å²) in [4.78, 5) is 23.1. The molecule has 0 bridgehead atoms. The van der Waals surface area contributed by atoms with Crippen LogP contribution < -0.4 is 31.0 Å². The zero-order valence-electron chi connectivity index (χ0n) is 12.0. The van der Waals surface area contributed by atoms with Gasteiger partial charge in [0.1, 0.15) is 11.4 Å². The van der Waals surface area contributed by atoms with Gasteiger partial charge in [-0.25, -0.2) is 0 Å². The highest BCUT2D eigenvalue weighted by Crippen LogP contribution is 2.32. The molecule has 7 heteroatoms. The maximum atomic E-state index is 11.6. The highest BCUT2D eigenvalue weighted by molar-refractivity contribution is 5.74. The van der Waals surface area contributed by atoms with Crippen molar-refractivity contribution in [2.45, 2.75) is 19.6 Å². The number of benzene rings is 1. The molecule has 116 valence electrons. The van der Waals surface area contributed by atoms with Gasteiger partial charge in [-0.05, 0) is 24.6 Å². The van der Waals surface area contributed by atoms with Crippen LogP contribution in [-0.2, 0) is 6.54 Å². The van der Waals surface area contributed by atoms with Gasteiger partial charge in [-0.3, -0.25) is 9.59 Å². The van der Waals surface area contributed by atoms with Gasteiger partial charge in [0.05, 0.1) is 6.10 Å². The molecule has 1 atom stereocenters. The first-order valence-electron chi connectivity index (χ1n) is 6.94. The number of anilines is 2. The Morgan fingerprint density at radius 3 is 2.55 bits per heavy atom. The topological polar surface area (TPSA) is 96.9 Å². The third-order valence-corrected chi connectivity index (χ3v) is 3.39. The molecule has 3 N–H and O–H groups in total. The fourth-order valence-electron chi connectivity index (χ4n) is 2.22. The summed E-state index contributed by atoms with van der Waals surface area (Å²) in [6.07, 6.45) is -0.605. The molecule has 0 fully saturated rings. The van der Waals surface area contributed by atoms with Crippen molar-refractivity contribution in [2.24, 2.45) is 0 Å². The average Bonchev–Trinajstić information content (AvgIpc) is 2.96. The summed E-state index contributed by atoms with van der Waals surface area (Å²) in [6, 6.07) is 5.48. The third-order valence-electron chi connectivity index (χ3n) is 3.39. The monoisotopic (exact) mass is 304 g/mol. The Labute approximate surface area is 126 Å². The zero-order chi connectivity index (χ0) is 15.7. The first kappa shape index (κ1) is 14.4. The van der Waals surface area contributed by atoms with E-state index in [9.17, 15) is 14.7 Å². The minimum absolute atomic E-state index is 0.206. The Bertz CT molecular complexity index is 762. The zero-order valence-corrected chi connectivity index (χ0v) is 12.0. The van der Waals surface area contributed by atoms with Crippen molar-refractivity contribution in [1.29, 1.82) is 0 Å². The number of rotatable bonds is 6. The molecule has 1 aliphatic rings. The second-order valence-corrected chi connectivity index (χ2v) is 5.18. The number of hydrogen-bond donors (Lipinski definition) is 3. The number of aliphatic hydroxyl groups is 1. The Hall–Kier alpha value is -2.54. The normalized spacial score (nSPS) is 14.1. The average molecular weight is 304 g/mol. The Morgan fingerprint density at radius 1 is 1.14 bits per heavy atom. The van der Waals surface area contributed by atoms with Gasteiger partial charge in [0.15, 0.2) is 11.5 Å². The van der Waals surface area contributed by atoms with E-state index in [2.05, 4.69) is 10.6 Å². The van der Waals surface area contributed by atoms with Gasteiger partial charge in [-0.2, -0.15) is 0 Å². The Morgan fingerprint density at radius 2 is 1.82 bits per heavy atom. The van der Waals surface area contributed by atoms with Crippen molar-refractivity contribution in [3.8, 4) is 11.5 Å². The predicted molar refractivity (Wildman–Crippen MR) is 81.4 cm³/mol. The lowest BCUT2D eigenvalue weighted by atomic mass is 10.1. The van der Waals surface area contributed by atoms with Crippen molar-refractivity contribution in [1.82, 2.24) is 0 Å². The number of fused-ring (bicyclic) bond motifs is 1. The largest absolute Gasteiger partial charge is 0.454 e. The van der Waals surface area contributed by atoms with Crippen LogP contribution >= 0.6 is 0 Å². The number of nitrogens with one attached hydrogen (secondary N) is 2. The van der Waals surface area contributed by atoms with Crippen LogP contribution in [0.3, 0.4) is 0 Å². The smallest absolute Gasteiger partial charge is 0.253 e. The lowest BCUT2D eigenvalue weighted by Gasteiger charge is -2.15. The molecule has 7 nitrogen and oxygen atoms in total. The summed E-state index contributed by atoms with van der Waals surface area (Å²) in [5.41, 5.74) is 0.274. The summed E-state index contributed by atoms with van der Waals surface area (Å²) in [6.45, 7) is 2.39. The minimum atomic E-state index is -0.605. The second-order valence-electron chi connectivity index (χ2n) is 5.18. The molecule has 1 unspecified atom stereocenters. The van der Waals surface area contributed by atoms with Crippen LogP contribution in [-0.4, -0.2) is 24.5 Å². The van der Waals surface area contributed by atoms with Crippen LogP contribution in [0.15, 0.2) is 27.8 Å². The summed E-state index contributed by atoms with van der Waals surface area (Å²) in [7, 11) is 0. The van der Waals surface area contributed by atoms with Crippen LogP contribution in [0, 0.1) is 0 Å². The number of ether oxygens (including phenoxy) is 2. The van der Waals surface area contributed by atoms with Gasteiger partial charge in [0.2, 0.25) is 6.79 Å². The molecule has 0 spiro atoms. The maximum absolute atomic E-state index is 11.6. The van der Waals surface area contributed by atoms with Crippen LogP contribution in [0.1, 0.15) is 12.5 Å². The highest BCUT2D eigenvalue weighted by Gasteiger charge is 2.21. The standard InChI is InChI=1S/C15H16N2O5/c1-8(18)5-16-12-13(15(20)14(12)19)17-6-9-2-3-10-11(4-9)22-7-21-10/h2-4,8,16-18H,5-7H2,1H3. The van der Waals surface area contributed by atoms with Crippen molar-refractivity contribution < 1.29 is 14.6 Å². The Kier molecular flexibility index (Phi) is 3.72. The molecule has 1 heterocycles. The molecule has 0 saturated carbocycles. The lowest BCUT2D eigenvalue weighted by molar-refractivity contribution is 0.174. The molecule has 0 saturated heterocycles. The van der Waals surface area contributed by atoms with Gasteiger partial charge >= 0.3 is 0 Å². The SMILES string of the molecule is CC(O)CNc1c(NCc2ccc3c(c2)OCO3)c(=O)c1=O. The third kappa shape index (κ3) is 2.62. The van der Waals surface area contributed by atoms with Crippen LogP contribution in [0.2, 0.25) is 0 Å². The Balaban J connectivity index is 1.68. The quantitative estimate of drug-likeness (QED) is 0.665. The van der Waals surface area contributed by atoms with Crippen molar-refractivity contribution in [2.75, 3.05) is 24.0 Å². The van der Waals surface area contributed by atoms with E-state index in [1.54, 1.807) is 13.0 Å². The van der Waals surface area contributed by atoms with Gasteiger partial charge in [0.25, 0.3) is 10.9 Å². The molecule has 3 rings (SSSR count). The van der Waals surface area contributed by atoms with Gasteiger partial charge in [0, 0.05) is 13.1 Å². The summed E-state index contributed by atoms with van der Waals surface area (Å²) in [5, 5.41) is 15.0.